The number of rotatable bonds is 8. The van der Waals surface area contributed by atoms with E-state index in [1.165, 1.54) is 25.7 Å². The molecule has 0 aliphatic carbocycles. The third-order valence-corrected chi connectivity index (χ3v) is 3.07. The third-order valence-electron chi connectivity index (χ3n) is 2.31. The lowest BCUT2D eigenvalue weighted by Crippen LogP contribution is -2.10. The minimum absolute atomic E-state index is 0.464. The fourth-order valence-corrected chi connectivity index (χ4v) is 2.23. The van der Waals surface area contributed by atoms with Gasteiger partial charge in [-0.3, -0.25) is 0 Å². The molecule has 0 amide bonds. The second kappa shape index (κ2) is 8.70. The first-order valence-electron chi connectivity index (χ1n) is 5.28. The van der Waals surface area contributed by atoms with Crippen LogP contribution in [0, 0.1) is 5.92 Å². The Morgan fingerprint density at radius 2 is 1.62 bits per heavy atom. The molecule has 0 bridgehead atoms. The maximum Gasteiger partial charge on any atom is 0.153 e. The Labute approximate surface area is 84.4 Å². The molecule has 0 heterocycles. The lowest BCUT2D eigenvalue weighted by Gasteiger charge is -2.13. The third kappa shape index (κ3) is 8.44. The summed E-state index contributed by atoms with van der Waals surface area (Å²) in [7, 11) is 0. The molecule has 13 heavy (non-hydrogen) atoms. The van der Waals surface area contributed by atoms with Crippen LogP contribution in [-0.2, 0) is 11.1 Å². The Morgan fingerprint density at radius 3 is 1.92 bits per heavy atom. The lowest BCUT2D eigenvalue weighted by molar-refractivity contribution is 0.446. The summed E-state index contributed by atoms with van der Waals surface area (Å²) in [6, 6.07) is 0. The molecule has 0 aliphatic heterocycles. The van der Waals surface area contributed by atoms with Crippen LogP contribution in [0.5, 0.6) is 0 Å². The molecule has 0 spiro atoms. The molecule has 3 heteroatoms. The molecule has 2 nitrogen and oxygen atoms in total. The van der Waals surface area contributed by atoms with E-state index in [0.717, 1.165) is 12.8 Å². The minimum Gasteiger partial charge on any atom is -0.306 e. The Balaban J connectivity index is 3.66. The van der Waals surface area contributed by atoms with Crippen molar-refractivity contribution in [3.05, 3.63) is 0 Å². The van der Waals surface area contributed by atoms with Gasteiger partial charge in [-0.1, -0.05) is 39.5 Å². The van der Waals surface area contributed by atoms with Gasteiger partial charge in [0.2, 0.25) is 0 Å². The van der Waals surface area contributed by atoms with Crippen molar-refractivity contribution < 1.29 is 8.76 Å². The lowest BCUT2D eigenvalue weighted by atomic mass is 9.98. The largest absolute Gasteiger partial charge is 0.306 e. The van der Waals surface area contributed by atoms with Crippen molar-refractivity contribution in [3.63, 3.8) is 0 Å². The average molecular weight is 206 g/mol. The van der Waals surface area contributed by atoms with Gasteiger partial charge in [-0.15, -0.1) is 0 Å². The van der Waals surface area contributed by atoms with Gasteiger partial charge in [0.05, 0.1) is 5.75 Å². The SMILES string of the molecule is CCCCC(CCCC)CS(=O)O. The Bertz CT molecular complexity index is 129. The summed E-state index contributed by atoms with van der Waals surface area (Å²) >= 11 is -1.60. The molecule has 1 N–H and O–H groups in total. The topological polar surface area (TPSA) is 37.3 Å². The van der Waals surface area contributed by atoms with Gasteiger partial charge in [-0.25, -0.2) is 4.21 Å². The van der Waals surface area contributed by atoms with Crippen LogP contribution in [-0.4, -0.2) is 14.5 Å². The Morgan fingerprint density at radius 1 is 1.15 bits per heavy atom. The maximum absolute atomic E-state index is 10.6. The highest BCUT2D eigenvalue weighted by molar-refractivity contribution is 7.79. The van der Waals surface area contributed by atoms with Gasteiger partial charge >= 0.3 is 0 Å². The monoisotopic (exact) mass is 206 g/mol. The van der Waals surface area contributed by atoms with E-state index in [0.29, 0.717) is 11.7 Å². The smallest absolute Gasteiger partial charge is 0.153 e. The highest BCUT2D eigenvalue weighted by atomic mass is 32.2. The van der Waals surface area contributed by atoms with Crippen molar-refractivity contribution in [1.29, 1.82) is 0 Å². The predicted molar refractivity (Wildman–Crippen MR) is 58.2 cm³/mol. The molecule has 0 aromatic carbocycles. The predicted octanol–water partition coefficient (Wildman–Crippen LogP) is 3.20. The molecule has 80 valence electrons. The zero-order valence-corrected chi connectivity index (χ0v) is 9.61. The summed E-state index contributed by atoms with van der Waals surface area (Å²) in [6.45, 7) is 4.32. The van der Waals surface area contributed by atoms with Crippen LogP contribution in [0.25, 0.3) is 0 Å². The highest BCUT2D eigenvalue weighted by Crippen LogP contribution is 2.16. The summed E-state index contributed by atoms with van der Waals surface area (Å²) in [6.07, 6.45) is 6.96. The van der Waals surface area contributed by atoms with Crippen molar-refractivity contribution >= 4 is 11.1 Å². The zero-order chi connectivity index (χ0) is 10.1. The van der Waals surface area contributed by atoms with Gasteiger partial charge < -0.3 is 4.55 Å². The van der Waals surface area contributed by atoms with E-state index in [1.807, 2.05) is 0 Å². The normalized spacial score (nSPS) is 13.5. The molecule has 0 aliphatic rings. The molecule has 0 rings (SSSR count). The van der Waals surface area contributed by atoms with E-state index in [1.54, 1.807) is 0 Å². The molecule has 0 fully saturated rings. The summed E-state index contributed by atoms with van der Waals surface area (Å²) < 4.78 is 19.4. The summed E-state index contributed by atoms with van der Waals surface area (Å²) in [5.74, 6) is 0.936. The quantitative estimate of drug-likeness (QED) is 0.619. The Hall–Kier alpha value is 0.110. The van der Waals surface area contributed by atoms with Crippen LogP contribution in [0.1, 0.15) is 52.4 Å². The molecule has 1 unspecified atom stereocenters. The molecule has 0 aromatic heterocycles. The van der Waals surface area contributed by atoms with E-state index in [4.69, 9.17) is 4.55 Å². The second-order valence-corrected chi connectivity index (χ2v) is 4.61. The van der Waals surface area contributed by atoms with Crippen molar-refractivity contribution in [2.75, 3.05) is 5.75 Å². The molecule has 1 atom stereocenters. The molecular formula is C10H22O2S. The van der Waals surface area contributed by atoms with Crippen LogP contribution < -0.4 is 0 Å². The second-order valence-electron chi connectivity index (χ2n) is 3.64. The summed E-state index contributed by atoms with van der Waals surface area (Å²) in [4.78, 5) is 0. The molecule has 0 aromatic rings. The first kappa shape index (κ1) is 13.1. The average Bonchev–Trinajstić information content (AvgIpc) is 2.09. The number of hydrogen-bond donors (Lipinski definition) is 1. The molecular weight excluding hydrogens is 184 g/mol. The van der Waals surface area contributed by atoms with Crippen molar-refractivity contribution in [2.45, 2.75) is 52.4 Å². The van der Waals surface area contributed by atoms with Crippen LogP contribution in [0.2, 0.25) is 0 Å². The van der Waals surface area contributed by atoms with Crippen LogP contribution >= 0.6 is 0 Å². The van der Waals surface area contributed by atoms with Gasteiger partial charge in [0.25, 0.3) is 0 Å². The highest BCUT2D eigenvalue weighted by Gasteiger charge is 2.10. The molecule has 0 saturated heterocycles. The maximum atomic E-state index is 10.6. The van der Waals surface area contributed by atoms with E-state index >= 15 is 0 Å². The fourth-order valence-electron chi connectivity index (χ4n) is 1.50. The summed E-state index contributed by atoms with van der Waals surface area (Å²) in [5.41, 5.74) is 0. The first-order valence-corrected chi connectivity index (χ1v) is 6.55. The Kier molecular flexibility index (Phi) is 8.77. The van der Waals surface area contributed by atoms with E-state index in [2.05, 4.69) is 13.8 Å². The first-order chi connectivity index (χ1) is 6.20. The van der Waals surface area contributed by atoms with E-state index < -0.39 is 11.1 Å². The minimum atomic E-state index is -1.60. The number of hydrogen-bond acceptors (Lipinski definition) is 1. The number of unbranched alkanes of at least 4 members (excludes halogenated alkanes) is 2. The van der Waals surface area contributed by atoms with Gasteiger partial charge in [-0.2, -0.15) is 0 Å². The van der Waals surface area contributed by atoms with Crippen molar-refractivity contribution in [3.8, 4) is 0 Å². The van der Waals surface area contributed by atoms with Crippen LogP contribution in [0.15, 0.2) is 0 Å². The van der Waals surface area contributed by atoms with Gasteiger partial charge in [0.15, 0.2) is 11.1 Å². The van der Waals surface area contributed by atoms with E-state index in [9.17, 15) is 4.21 Å². The van der Waals surface area contributed by atoms with Crippen LogP contribution in [0.3, 0.4) is 0 Å². The van der Waals surface area contributed by atoms with Gasteiger partial charge in [0.1, 0.15) is 0 Å². The van der Waals surface area contributed by atoms with Crippen molar-refractivity contribution in [2.24, 2.45) is 5.92 Å². The van der Waals surface area contributed by atoms with Gasteiger partial charge in [0, 0.05) is 0 Å². The molecule has 0 radical (unpaired) electrons. The van der Waals surface area contributed by atoms with Gasteiger partial charge in [-0.05, 0) is 18.8 Å². The molecule has 0 saturated carbocycles. The fraction of sp³-hybridized carbons (Fsp3) is 1.00. The summed E-state index contributed by atoms with van der Waals surface area (Å²) in [5, 5.41) is 0. The van der Waals surface area contributed by atoms with Crippen LogP contribution in [0.4, 0.5) is 0 Å². The van der Waals surface area contributed by atoms with E-state index in [-0.39, 0.29) is 0 Å². The zero-order valence-electron chi connectivity index (χ0n) is 8.79. The standard InChI is InChI=1S/C10H22O2S/c1-3-5-7-10(8-6-4-2)9-13(11)12/h10H,3-9H2,1-2H3,(H,11,12). The van der Waals surface area contributed by atoms with Crippen molar-refractivity contribution in [1.82, 2.24) is 0 Å².